The van der Waals surface area contributed by atoms with E-state index in [4.69, 9.17) is 4.74 Å². The molecule has 2 rings (SSSR count). The summed E-state index contributed by atoms with van der Waals surface area (Å²) in [7, 11) is 1.58. The summed E-state index contributed by atoms with van der Waals surface area (Å²) in [5.41, 5.74) is 0.829. The standard InChI is InChI=1S/C17H16F2O2/c1-21-14-9-6-12(7-10-14)5-8-13(20)11-15-16(18)3-2-4-17(15)19/h2-4,6-7,9-10H,5,8,11H2,1H3. The Bertz CT molecular complexity index is 601. The molecule has 0 amide bonds. The number of hydrogen-bond donors (Lipinski definition) is 0. The molecule has 0 unspecified atom stereocenters. The Morgan fingerprint density at radius 1 is 1.05 bits per heavy atom. The van der Waals surface area contributed by atoms with Crippen molar-refractivity contribution in [3.05, 3.63) is 65.2 Å². The van der Waals surface area contributed by atoms with E-state index in [9.17, 15) is 13.6 Å². The molecule has 0 aliphatic carbocycles. The summed E-state index contributed by atoms with van der Waals surface area (Å²) in [4.78, 5) is 11.9. The summed E-state index contributed by atoms with van der Waals surface area (Å²) in [5, 5.41) is 0. The molecule has 0 aliphatic heterocycles. The van der Waals surface area contributed by atoms with E-state index in [2.05, 4.69) is 0 Å². The lowest BCUT2D eigenvalue weighted by atomic mass is 10.0. The first-order chi connectivity index (χ1) is 10.1. The Labute approximate surface area is 122 Å². The molecule has 0 spiro atoms. The van der Waals surface area contributed by atoms with Crippen LogP contribution in [0.4, 0.5) is 8.78 Å². The zero-order chi connectivity index (χ0) is 15.2. The van der Waals surface area contributed by atoms with Crippen molar-refractivity contribution in [2.24, 2.45) is 0 Å². The van der Waals surface area contributed by atoms with E-state index in [1.165, 1.54) is 6.07 Å². The Hall–Kier alpha value is -2.23. The van der Waals surface area contributed by atoms with Crippen LogP contribution in [0.25, 0.3) is 0 Å². The fourth-order valence-electron chi connectivity index (χ4n) is 2.06. The predicted molar refractivity (Wildman–Crippen MR) is 76.4 cm³/mol. The van der Waals surface area contributed by atoms with Crippen molar-refractivity contribution in [3.63, 3.8) is 0 Å². The van der Waals surface area contributed by atoms with Crippen LogP contribution in [0.15, 0.2) is 42.5 Å². The number of ether oxygens (including phenoxy) is 1. The topological polar surface area (TPSA) is 26.3 Å². The third kappa shape index (κ3) is 4.12. The lowest BCUT2D eigenvalue weighted by Gasteiger charge is -2.05. The molecule has 0 aromatic heterocycles. The summed E-state index contributed by atoms with van der Waals surface area (Å²) in [6.07, 6.45) is 0.577. The maximum Gasteiger partial charge on any atom is 0.137 e. The van der Waals surface area contributed by atoms with Crippen LogP contribution in [0.5, 0.6) is 5.75 Å². The average Bonchev–Trinajstić information content (AvgIpc) is 2.49. The fraction of sp³-hybridized carbons (Fsp3) is 0.235. The maximum absolute atomic E-state index is 13.5. The molecule has 0 fully saturated rings. The van der Waals surface area contributed by atoms with Crippen LogP contribution in [0.2, 0.25) is 0 Å². The first kappa shape index (κ1) is 15.2. The van der Waals surface area contributed by atoms with Gasteiger partial charge in [-0.15, -0.1) is 0 Å². The lowest BCUT2D eigenvalue weighted by molar-refractivity contribution is -0.118. The molecule has 0 N–H and O–H groups in total. The van der Waals surface area contributed by atoms with Crippen LogP contribution < -0.4 is 4.74 Å². The Morgan fingerprint density at radius 3 is 2.24 bits per heavy atom. The molecule has 2 nitrogen and oxygen atoms in total. The summed E-state index contributed by atoms with van der Waals surface area (Å²) in [5.74, 6) is -0.783. The number of Topliss-reactive ketones (excluding diaryl/α,β-unsaturated/α-hetero) is 1. The smallest absolute Gasteiger partial charge is 0.137 e. The predicted octanol–water partition coefficient (Wildman–Crippen LogP) is 3.72. The van der Waals surface area contributed by atoms with Gasteiger partial charge in [-0.1, -0.05) is 18.2 Å². The number of methoxy groups -OCH3 is 1. The van der Waals surface area contributed by atoms with Crippen molar-refractivity contribution in [1.29, 1.82) is 0 Å². The first-order valence-electron chi connectivity index (χ1n) is 6.67. The van der Waals surface area contributed by atoms with Gasteiger partial charge in [0.15, 0.2) is 0 Å². The van der Waals surface area contributed by atoms with Crippen molar-refractivity contribution in [1.82, 2.24) is 0 Å². The van der Waals surface area contributed by atoms with E-state index < -0.39 is 11.6 Å². The number of aryl methyl sites for hydroxylation is 1. The van der Waals surface area contributed by atoms with Gasteiger partial charge in [-0.05, 0) is 36.2 Å². The zero-order valence-electron chi connectivity index (χ0n) is 11.7. The first-order valence-corrected chi connectivity index (χ1v) is 6.67. The van der Waals surface area contributed by atoms with Gasteiger partial charge in [0.25, 0.3) is 0 Å². The van der Waals surface area contributed by atoms with Crippen molar-refractivity contribution < 1.29 is 18.3 Å². The highest BCUT2D eigenvalue weighted by Gasteiger charge is 2.12. The summed E-state index contributed by atoms with van der Waals surface area (Å²) >= 11 is 0. The quantitative estimate of drug-likeness (QED) is 0.810. The highest BCUT2D eigenvalue weighted by molar-refractivity contribution is 5.81. The third-order valence-corrected chi connectivity index (χ3v) is 3.29. The molecule has 0 saturated carbocycles. The van der Waals surface area contributed by atoms with Crippen molar-refractivity contribution >= 4 is 5.78 Å². The third-order valence-electron chi connectivity index (χ3n) is 3.29. The molecule has 2 aromatic carbocycles. The van der Waals surface area contributed by atoms with Crippen LogP contribution >= 0.6 is 0 Å². The van der Waals surface area contributed by atoms with Gasteiger partial charge in [0.1, 0.15) is 23.2 Å². The number of ketones is 1. The number of carbonyl (C=O) groups excluding carboxylic acids is 1. The molecule has 0 atom stereocenters. The monoisotopic (exact) mass is 290 g/mol. The minimum absolute atomic E-state index is 0.155. The van der Waals surface area contributed by atoms with Gasteiger partial charge in [0.05, 0.1) is 7.11 Å². The molecule has 21 heavy (non-hydrogen) atoms. The number of benzene rings is 2. The molecule has 0 heterocycles. The van der Waals surface area contributed by atoms with Crippen molar-refractivity contribution in [2.75, 3.05) is 7.11 Å². The second kappa shape index (κ2) is 6.97. The van der Waals surface area contributed by atoms with Gasteiger partial charge in [0.2, 0.25) is 0 Å². The van der Waals surface area contributed by atoms with E-state index >= 15 is 0 Å². The van der Waals surface area contributed by atoms with E-state index in [1.54, 1.807) is 7.11 Å². The van der Waals surface area contributed by atoms with E-state index in [1.807, 2.05) is 24.3 Å². The maximum atomic E-state index is 13.5. The minimum atomic E-state index is -0.673. The molecule has 0 aliphatic rings. The van der Waals surface area contributed by atoms with Gasteiger partial charge < -0.3 is 4.74 Å². The summed E-state index contributed by atoms with van der Waals surface area (Å²) < 4.78 is 32.0. The average molecular weight is 290 g/mol. The molecule has 0 radical (unpaired) electrons. The summed E-state index contributed by atoms with van der Waals surface area (Å²) in [6.45, 7) is 0. The molecule has 0 saturated heterocycles. The van der Waals surface area contributed by atoms with Crippen LogP contribution in [-0.2, 0) is 17.6 Å². The van der Waals surface area contributed by atoms with Gasteiger partial charge in [-0.2, -0.15) is 0 Å². The summed E-state index contributed by atoms with van der Waals surface area (Å²) in [6, 6.07) is 11.0. The number of hydrogen-bond acceptors (Lipinski definition) is 2. The van der Waals surface area contributed by atoms with Crippen LogP contribution in [0.1, 0.15) is 17.5 Å². The minimum Gasteiger partial charge on any atom is -0.497 e. The van der Waals surface area contributed by atoms with E-state index in [0.29, 0.717) is 6.42 Å². The SMILES string of the molecule is COc1ccc(CCC(=O)Cc2c(F)cccc2F)cc1. The molecular weight excluding hydrogens is 274 g/mol. The Morgan fingerprint density at radius 2 is 1.67 bits per heavy atom. The van der Waals surface area contributed by atoms with E-state index in [-0.39, 0.29) is 24.2 Å². The lowest BCUT2D eigenvalue weighted by Crippen LogP contribution is -2.07. The Balaban J connectivity index is 1.92. The van der Waals surface area contributed by atoms with Crippen LogP contribution in [0.3, 0.4) is 0 Å². The Kier molecular flexibility index (Phi) is 5.04. The van der Waals surface area contributed by atoms with Gasteiger partial charge in [0, 0.05) is 18.4 Å². The number of carbonyl (C=O) groups is 1. The molecule has 110 valence electrons. The van der Waals surface area contributed by atoms with Crippen molar-refractivity contribution in [2.45, 2.75) is 19.3 Å². The molecule has 0 bridgehead atoms. The molecule has 2 aromatic rings. The molecule has 4 heteroatoms. The highest BCUT2D eigenvalue weighted by atomic mass is 19.1. The van der Waals surface area contributed by atoms with Gasteiger partial charge in [-0.25, -0.2) is 8.78 Å². The normalized spacial score (nSPS) is 10.4. The van der Waals surface area contributed by atoms with Crippen LogP contribution in [-0.4, -0.2) is 12.9 Å². The van der Waals surface area contributed by atoms with Gasteiger partial charge in [-0.3, -0.25) is 4.79 Å². The largest absolute Gasteiger partial charge is 0.497 e. The second-order valence-corrected chi connectivity index (χ2v) is 4.76. The van der Waals surface area contributed by atoms with Gasteiger partial charge >= 0.3 is 0 Å². The molecular formula is C17H16F2O2. The fourth-order valence-corrected chi connectivity index (χ4v) is 2.06. The number of halogens is 2. The van der Waals surface area contributed by atoms with Crippen molar-refractivity contribution in [3.8, 4) is 5.75 Å². The number of rotatable bonds is 6. The van der Waals surface area contributed by atoms with E-state index in [0.717, 1.165) is 23.4 Å². The second-order valence-electron chi connectivity index (χ2n) is 4.76. The highest BCUT2D eigenvalue weighted by Crippen LogP contribution is 2.16. The van der Waals surface area contributed by atoms with Crippen LogP contribution in [0, 0.1) is 11.6 Å². The zero-order valence-corrected chi connectivity index (χ0v) is 11.7.